The molecular weight excluding hydrogens is 507 g/mol. The molecule has 208 valence electrons. The first-order valence-corrected chi connectivity index (χ1v) is 12.7. The number of aromatic nitrogens is 1. The van der Waals surface area contributed by atoms with Crippen molar-refractivity contribution in [3.8, 4) is 17.6 Å². The number of likely N-dealkylation sites (tertiary alicyclic amines) is 1. The van der Waals surface area contributed by atoms with Gasteiger partial charge in [0, 0.05) is 36.3 Å². The third kappa shape index (κ3) is 6.79. The van der Waals surface area contributed by atoms with Crippen molar-refractivity contribution in [1.82, 2.24) is 14.8 Å². The van der Waals surface area contributed by atoms with Crippen LogP contribution in [0.3, 0.4) is 0 Å². The number of hydrogen-bond acceptors (Lipinski definition) is 5. The minimum Gasteiger partial charge on any atom is -0.495 e. The number of benzene rings is 2. The fourth-order valence-electron chi connectivity index (χ4n) is 4.94. The lowest BCUT2D eigenvalue weighted by molar-refractivity contribution is -0.140. The molecule has 1 aromatic heterocycles. The van der Waals surface area contributed by atoms with Crippen molar-refractivity contribution in [3.05, 3.63) is 53.7 Å². The molecule has 1 saturated heterocycles. The van der Waals surface area contributed by atoms with E-state index in [1.54, 1.807) is 18.2 Å². The minimum atomic E-state index is -4.46. The zero-order valence-corrected chi connectivity index (χ0v) is 22.1. The van der Waals surface area contributed by atoms with Crippen molar-refractivity contribution < 1.29 is 26.8 Å². The summed E-state index contributed by atoms with van der Waals surface area (Å²) in [5.74, 6) is 5.55. The molecule has 0 radical (unpaired) electrons. The molecule has 3 aromatic rings. The molecule has 4 rings (SSSR count). The Morgan fingerprint density at radius 1 is 1.23 bits per heavy atom. The highest BCUT2D eigenvalue weighted by Gasteiger charge is 2.30. The average molecular weight is 545 g/mol. The summed E-state index contributed by atoms with van der Waals surface area (Å²) in [6.07, 6.45) is -3.53. The Morgan fingerprint density at radius 3 is 2.77 bits per heavy atom. The van der Waals surface area contributed by atoms with Crippen LogP contribution in [0.25, 0.3) is 10.9 Å². The molecule has 2 heterocycles. The van der Waals surface area contributed by atoms with E-state index in [9.17, 15) is 18.0 Å². The van der Waals surface area contributed by atoms with Crippen molar-refractivity contribution in [2.75, 3.05) is 51.4 Å². The van der Waals surface area contributed by atoms with E-state index in [1.165, 1.54) is 25.2 Å². The van der Waals surface area contributed by atoms with Gasteiger partial charge in [-0.25, -0.2) is 0 Å². The molecular formula is C29H34F3N5O2. The number of anilines is 2. The van der Waals surface area contributed by atoms with Crippen LogP contribution in [0.5, 0.6) is 5.75 Å². The van der Waals surface area contributed by atoms with Crippen LogP contribution in [0.1, 0.15) is 33.5 Å². The van der Waals surface area contributed by atoms with Crippen LogP contribution in [-0.2, 0) is 6.54 Å². The lowest BCUT2D eigenvalue weighted by Crippen LogP contribution is -2.43. The zero-order chi connectivity index (χ0) is 30.7. The molecule has 0 saturated carbocycles. The number of ether oxygens (including phenoxy) is 1. The fraction of sp³-hybridized carbons (Fsp3) is 0.414. The summed E-state index contributed by atoms with van der Waals surface area (Å²) in [6, 6.07) is 11.4. The van der Waals surface area contributed by atoms with E-state index in [4.69, 9.17) is 8.85 Å². The molecule has 7 nitrogen and oxygen atoms in total. The Morgan fingerprint density at radius 2 is 2.05 bits per heavy atom. The Bertz CT molecular complexity index is 1490. The number of alkyl halides is 3. The van der Waals surface area contributed by atoms with Gasteiger partial charge in [-0.2, -0.15) is 13.2 Å². The molecule has 2 atom stereocenters. The van der Waals surface area contributed by atoms with Gasteiger partial charge >= 0.3 is 6.18 Å². The summed E-state index contributed by atoms with van der Waals surface area (Å²) >= 11 is 0. The number of piperidine rings is 1. The Balaban J connectivity index is 1.61. The number of carbonyl (C=O) groups excluding carboxylic acids is 1. The first-order chi connectivity index (χ1) is 19.7. The monoisotopic (exact) mass is 544 g/mol. The van der Waals surface area contributed by atoms with Gasteiger partial charge in [0.15, 0.2) is 0 Å². The molecule has 3 N–H and O–H groups in total. The smallest absolute Gasteiger partial charge is 0.406 e. The van der Waals surface area contributed by atoms with Crippen LogP contribution in [0.4, 0.5) is 24.5 Å². The number of carbonyl (C=O) groups is 1. The van der Waals surface area contributed by atoms with Gasteiger partial charge in [-0.15, -0.1) is 0 Å². The second-order valence-electron chi connectivity index (χ2n) is 9.80. The minimum absolute atomic E-state index is 0.0254. The van der Waals surface area contributed by atoms with Gasteiger partial charge in [-0.3, -0.25) is 4.79 Å². The number of halogens is 3. The zero-order valence-electron chi connectivity index (χ0n) is 25.1. The maximum Gasteiger partial charge on any atom is 0.406 e. The van der Waals surface area contributed by atoms with E-state index < -0.39 is 25.7 Å². The van der Waals surface area contributed by atoms with Gasteiger partial charge in [0.2, 0.25) is 0 Å². The van der Waals surface area contributed by atoms with E-state index in [0.717, 1.165) is 29.8 Å². The molecule has 2 aromatic carbocycles. The van der Waals surface area contributed by atoms with Gasteiger partial charge in [-0.05, 0) is 68.2 Å². The maximum absolute atomic E-state index is 13.6. The molecule has 0 spiro atoms. The maximum atomic E-state index is 13.6. The van der Waals surface area contributed by atoms with Crippen molar-refractivity contribution >= 4 is 28.2 Å². The summed E-state index contributed by atoms with van der Waals surface area (Å²) < 4.78 is 69.3. The second-order valence-corrected chi connectivity index (χ2v) is 9.80. The van der Waals surface area contributed by atoms with E-state index in [1.807, 2.05) is 6.07 Å². The lowest BCUT2D eigenvalue weighted by atomic mass is 9.94. The molecule has 1 aliphatic rings. The normalized spacial score (nSPS) is 19.3. The van der Waals surface area contributed by atoms with Crippen LogP contribution in [-0.4, -0.2) is 68.4 Å². The highest BCUT2D eigenvalue weighted by atomic mass is 19.4. The van der Waals surface area contributed by atoms with E-state index >= 15 is 0 Å². The number of nitrogens with zero attached hydrogens (tertiary/aromatic N) is 2. The quantitative estimate of drug-likeness (QED) is 0.374. The van der Waals surface area contributed by atoms with Gasteiger partial charge in [-0.1, -0.05) is 18.9 Å². The summed E-state index contributed by atoms with van der Waals surface area (Å²) in [5.41, 5.74) is 1.85. The van der Waals surface area contributed by atoms with Crippen LogP contribution in [0, 0.1) is 17.8 Å². The molecule has 0 aliphatic carbocycles. The molecule has 39 heavy (non-hydrogen) atoms. The largest absolute Gasteiger partial charge is 0.495 e. The Labute approximate surface area is 230 Å². The number of nitrogens with one attached hydrogen (secondary N) is 3. The molecule has 1 aliphatic heterocycles. The fourth-order valence-corrected chi connectivity index (χ4v) is 4.94. The third-order valence-electron chi connectivity index (χ3n) is 6.90. The third-order valence-corrected chi connectivity index (χ3v) is 6.90. The van der Waals surface area contributed by atoms with Crippen LogP contribution < -0.4 is 20.7 Å². The molecule has 1 amide bonds. The van der Waals surface area contributed by atoms with Crippen molar-refractivity contribution in [2.45, 2.75) is 32.1 Å². The first-order valence-electron chi connectivity index (χ1n) is 14.2. The first kappa shape index (κ1) is 24.2. The van der Waals surface area contributed by atoms with E-state index in [0.29, 0.717) is 16.8 Å². The van der Waals surface area contributed by atoms with Crippen molar-refractivity contribution in [3.63, 3.8) is 0 Å². The number of methoxy groups -OCH3 is 1. The van der Waals surface area contributed by atoms with Gasteiger partial charge in [0.05, 0.1) is 34.6 Å². The number of amides is 1. The number of rotatable bonds is 7. The van der Waals surface area contributed by atoms with E-state index in [2.05, 4.69) is 46.7 Å². The summed E-state index contributed by atoms with van der Waals surface area (Å²) in [7, 11) is 0.755. The van der Waals surface area contributed by atoms with Crippen LogP contribution in [0.2, 0.25) is 0 Å². The predicted molar refractivity (Wildman–Crippen MR) is 148 cm³/mol. The lowest BCUT2D eigenvalue weighted by Gasteiger charge is -2.36. The van der Waals surface area contributed by atoms with Crippen molar-refractivity contribution in [2.24, 2.45) is 5.92 Å². The standard InChI is InChI=1S/C29H34F3N5O2/c1-19-17-36(3)14-12-23(19)35-24-8-5-9-26-22(24)16-21(37(26)18-29(30,31)32)7-6-13-34-25-11-10-20(28(38)33-2)15-27(25)39-4/h5,8-11,15-16,19,23,34-35H,12-14,17-18H2,1-4H3,(H,33,38)/t19-,23+/m1/s1/i4D3. The molecule has 1 fully saturated rings. The number of hydrogen-bond donors (Lipinski definition) is 3. The Hall–Kier alpha value is -3.84. The number of fused-ring (bicyclic) bond motifs is 1. The summed E-state index contributed by atoms with van der Waals surface area (Å²) in [6.45, 7) is 2.80. The second kappa shape index (κ2) is 11.9. The SMILES string of the molecule is [2H]C([2H])([2H])Oc1cc(C(=O)NC)ccc1NCC#Cc1cc2c(N[C@H]3CCN(C)C[C@H]3C)cccc2n1CC(F)(F)F. The summed E-state index contributed by atoms with van der Waals surface area (Å²) in [5, 5.41) is 9.61. The van der Waals surface area contributed by atoms with Gasteiger partial charge < -0.3 is 30.2 Å². The molecule has 0 bridgehead atoms. The predicted octanol–water partition coefficient (Wildman–Crippen LogP) is 4.79. The molecule has 0 unspecified atom stereocenters. The van der Waals surface area contributed by atoms with E-state index in [-0.39, 0.29) is 35.3 Å². The average Bonchev–Trinajstić information content (AvgIpc) is 3.24. The van der Waals surface area contributed by atoms with Crippen LogP contribution in [0.15, 0.2) is 42.5 Å². The molecule has 10 heteroatoms. The van der Waals surface area contributed by atoms with Crippen molar-refractivity contribution in [1.29, 1.82) is 0 Å². The topological polar surface area (TPSA) is 70.6 Å². The Kier molecular flexibility index (Phi) is 7.40. The highest BCUT2D eigenvalue weighted by molar-refractivity contribution is 5.95. The summed E-state index contributed by atoms with van der Waals surface area (Å²) in [4.78, 5) is 14.3. The van der Waals surface area contributed by atoms with Gasteiger partial charge in [0.25, 0.3) is 5.91 Å². The highest BCUT2D eigenvalue weighted by Crippen LogP contribution is 2.32. The van der Waals surface area contributed by atoms with Crippen LogP contribution >= 0.6 is 0 Å². The van der Waals surface area contributed by atoms with Gasteiger partial charge in [0.1, 0.15) is 12.3 Å².